The fourth-order valence-electron chi connectivity index (χ4n) is 3.01. The summed E-state index contributed by atoms with van der Waals surface area (Å²) in [7, 11) is 0. The Morgan fingerprint density at radius 2 is 1.85 bits per heavy atom. The van der Waals surface area contributed by atoms with Gasteiger partial charge in [0.1, 0.15) is 0 Å². The van der Waals surface area contributed by atoms with Gasteiger partial charge in [-0.3, -0.25) is 9.59 Å². The number of rotatable bonds is 9. The molecule has 2 N–H and O–H groups in total. The van der Waals surface area contributed by atoms with E-state index < -0.39 is 11.5 Å². The molecule has 6 heteroatoms. The molecule has 6 nitrogen and oxygen atoms in total. The van der Waals surface area contributed by atoms with Crippen LogP contribution in [0, 0.1) is 6.92 Å². The zero-order valence-corrected chi connectivity index (χ0v) is 15.5. The van der Waals surface area contributed by atoms with Crippen LogP contribution >= 0.6 is 0 Å². The largest absolute Gasteiger partial charge is 0.481 e. The van der Waals surface area contributed by atoms with Gasteiger partial charge in [0.25, 0.3) is 0 Å². The average Bonchev–Trinajstić information content (AvgIpc) is 3.00. The fourth-order valence-corrected chi connectivity index (χ4v) is 3.01. The van der Waals surface area contributed by atoms with Crippen molar-refractivity contribution in [2.75, 3.05) is 0 Å². The minimum Gasteiger partial charge on any atom is -0.481 e. The van der Waals surface area contributed by atoms with E-state index in [4.69, 9.17) is 9.52 Å². The third kappa shape index (κ3) is 4.94. The molecule has 1 heterocycles. The molecule has 0 saturated carbocycles. The summed E-state index contributed by atoms with van der Waals surface area (Å²) in [6, 6.07) is 9.70. The normalized spacial score (nSPS) is 11.3. The Bertz CT molecular complexity index is 748. The van der Waals surface area contributed by atoms with Crippen molar-refractivity contribution >= 4 is 11.9 Å². The quantitative estimate of drug-likeness (QED) is 0.712. The number of hydrogen-bond acceptors (Lipinski definition) is 4. The van der Waals surface area contributed by atoms with E-state index in [2.05, 4.69) is 10.3 Å². The molecule has 0 spiro atoms. The van der Waals surface area contributed by atoms with Crippen LogP contribution in [0.15, 0.2) is 34.7 Å². The number of carboxylic acid groups (broad SMARTS) is 1. The lowest BCUT2D eigenvalue weighted by atomic mass is 9.88. The Balaban J connectivity index is 2.00. The number of oxazole rings is 1. The second-order valence-corrected chi connectivity index (χ2v) is 6.49. The van der Waals surface area contributed by atoms with Gasteiger partial charge in [-0.15, -0.1) is 0 Å². The Kier molecular flexibility index (Phi) is 6.55. The smallest absolute Gasteiger partial charge is 0.305 e. The minimum absolute atomic E-state index is 0.0813. The standard InChI is InChI=1S/C20H26N2O4/c1-4-20(5-2,13-18(24)25)22-16(23)11-12-17-21-14(3)19(26-17)15-9-7-6-8-10-15/h6-10H,4-5,11-13H2,1-3H3,(H,22,23)(H,24,25). The number of aromatic nitrogens is 1. The Morgan fingerprint density at radius 1 is 1.19 bits per heavy atom. The highest BCUT2D eigenvalue weighted by Gasteiger charge is 2.30. The van der Waals surface area contributed by atoms with Gasteiger partial charge in [-0.05, 0) is 19.8 Å². The first kappa shape index (κ1) is 19.7. The summed E-state index contributed by atoms with van der Waals surface area (Å²) < 4.78 is 5.81. The molecule has 0 saturated heterocycles. The molecule has 140 valence electrons. The van der Waals surface area contributed by atoms with Crippen molar-refractivity contribution in [1.82, 2.24) is 10.3 Å². The minimum atomic E-state index is -0.912. The summed E-state index contributed by atoms with van der Waals surface area (Å²) in [6.07, 6.45) is 1.63. The van der Waals surface area contributed by atoms with Gasteiger partial charge in [-0.25, -0.2) is 4.98 Å². The molecular formula is C20H26N2O4. The molecule has 0 unspecified atom stereocenters. The monoisotopic (exact) mass is 358 g/mol. The zero-order chi connectivity index (χ0) is 19.2. The number of carboxylic acids is 1. The molecule has 2 rings (SSSR count). The number of carbonyl (C=O) groups excluding carboxylic acids is 1. The number of aliphatic carboxylic acids is 1. The van der Waals surface area contributed by atoms with E-state index in [1.807, 2.05) is 51.1 Å². The van der Waals surface area contributed by atoms with Gasteiger partial charge in [0.15, 0.2) is 11.7 Å². The number of benzene rings is 1. The van der Waals surface area contributed by atoms with Crippen molar-refractivity contribution in [3.63, 3.8) is 0 Å². The third-order valence-corrected chi connectivity index (χ3v) is 4.69. The molecule has 0 bridgehead atoms. The molecule has 1 aromatic carbocycles. The Hall–Kier alpha value is -2.63. The van der Waals surface area contributed by atoms with Crippen molar-refractivity contribution in [3.8, 4) is 11.3 Å². The first-order valence-electron chi connectivity index (χ1n) is 8.93. The maximum Gasteiger partial charge on any atom is 0.305 e. The van der Waals surface area contributed by atoms with Gasteiger partial charge in [-0.2, -0.15) is 0 Å². The van der Waals surface area contributed by atoms with Crippen molar-refractivity contribution in [2.24, 2.45) is 0 Å². The van der Waals surface area contributed by atoms with E-state index >= 15 is 0 Å². The van der Waals surface area contributed by atoms with Gasteiger partial charge in [-0.1, -0.05) is 44.2 Å². The first-order valence-corrected chi connectivity index (χ1v) is 8.93. The highest BCUT2D eigenvalue weighted by molar-refractivity contribution is 5.78. The highest BCUT2D eigenvalue weighted by atomic mass is 16.4. The van der Waals surface area contributed by atoms with E-state index in [1.165, 1.54) is 0 Å². The summed E-state index contributed by atoms with van der Waals surface area (Å²) in [5.41, 5.74) is 1.03. The van der Waals surface area contributed by atoms with E-state index in [1.54, 1.807) is 0 Å². The molecular weight excluding hydrogens is 332 g/mol. The van der Waals surface area contributed by atoms with Crippen LogP contribution in [-0.2, 0) is 16.0 Å². The zero-order valence-electron chi connectivity index (χ0n) is 15.5. The van der Waals surface area contributed by atoms with Crippen LogP contribution in [0.25, 0.3) is 11.3 Å². The van der Waals surface area contributed by atoms with E-state index in [0.717, 1.165) is 11.3 Å². The van der Waals surface area contributed by atoms with Crippen LogP contribution in [0.1, 0.15) is 51.1 Å². The van der Waals surface area contributed by atoms with Crippen LogP contribution < -0.4 is 5.32 Å². The topological polar surface area (TPSA) is 92.4 Å². The molecule has 0 aliphatic carbocycles. The van der Waals surface area contributed by atoms with Gasteiger partial charge in [0, 0.05) is 23.9 Å². The first-order chi connectivity index (χ1) is 12.4. The summed E-state index contributed by atoms with van der Waals surface area (Å²) in [6.45, 7) is 5.65. The lowest BCUT2D eigenvalue weighted by Gasteiger charge is -2.31. The maximum atomic E-state index is 12.3. The van der Waals surface area contributed by atoms with Crippen LogP contribution in [0.3, 0.4) is 0 Å². The van der Waals surface area contributed by atoms with Crippen molar-refractivity contribution in [1.29, 1.82) is 0 Å². The van der Waals surface area contributed by atoms with Crippen molar-refractivity contribution in [2.45, 2.75) is 58.4 Å². The number of amides is 1. The molecule has 0 radical (unpaired) electrons. The molecule has 1 aromatic heterocycles. The van der Waals surface area contributed by atoms with Gasteiger partial charge in [0.05, 0.1) is 12.1 Å². The van der Waals surface area contributed by atoms with Gasteiger partial charge >= 0.3 is 5.97 Å². The van der Waals surface area contributed by atoms with Crippen LogP contribution in [-0.4, -0.2) is 27.5 Å². The number of aryl methyl sites for hydroxylation is 2. The van der Waals surface area contributed by atoms with Crippen molar-refractivity contribution < 1.29 is 19.1 Å². The number of carbonyl (C=O) groups is 2. The van der Waals surface area contributed by atoms with Crippen LogP contribution in [0.5, 0.6) is 0 Å². The molecule has 0 aliphatic heterocycles. The summed E-state index contributed by atoms with van der Waals surface area (Å²) >= 11 is 0. The predicted molar refractivity (Wildman–Crippen MR) is 98.7 cm³/mol. The molecule has 0 fully saturated rings. The maximum absolute atomic E-state index is 12.3. The second-order valence-electron chi connectivity index (χ2n) is 6.49. The third-order valence-electron chi connectivity index (χ3n) is 4.69. The highest BCUT2D eigenvalue weighted by Crippen LogP contribution is 2.25. The van der Waals surface area contributed by atoms with Crippen LogP contribution in [0.2, 0.25) is 0 Å². The molecule has 1 amide bonds. The molecule has 0 aliphatic rings. The van der Waals surface area contributed by atoms with E-state index in [9.17, 15) is 9.59 Å². The Morgan fingerprint density at radius 3 is 2.42 bits per heavy atom. The van der Waals surface area contributed by atoms with Gasteiger partial charge < -0.3 is 14.8 Å². The molecule has 2 aromatic rings. The van der Waals surface area contributed by atoms with E-state index in [0.29, 0.717) is 30.9 Å². The summed E-state index contributed by atoms with van der Waals surface area (Å²) in [5, 5.41) is 12.0. The average molecular weight is 358 g/mol. The van der Waals surface area contributed by atoms with Crippen molar-refractivity contribution in [3.05, 3.63) is 41.9 Å². The van der Waals surface area contributed by atoms with E-state index in [-0.39, 0.29) is 18.7 Å². The van der Waals surface area contributed by atoms with Gasteiger partial charge in [0.2, 0.25) is 5.91 Å². The SMILES string of the molecule is CCC(CC)(CC(=O)O)NC(=O)CCc1nc(C)c(-c2ccccc2)o1. The molecule has 0 atom stereocenters. The molecule has 26 heavy (non-hydrogen) atoms. The lowest BCUT2D eigenvalue weighted by molar-refractivity contribution is -0.139. The number of nitrogens with zero attached hydrogens (tertiary/aromatic N) is 1. The lowest BCUT2D eigenvalue weighted by Crippen LogP contribution is -2.49. The predicted octanol–water partition coefficient (Wildman–Crippen LogP) is 3.73. The fraction of sp³-hybridized carbons (Fsp3) is 0.450. The second kappa shape index (κ2) is 8.65. The number of nitrogens with one attached hydrogen (secondary N) is 1. The Labute approximate surface area is 153 Å². The summed E-state index contributed by atoms with van der Waals surface area (Å²) in [4.78, 5) is 27.8. The number of hydrogen-bond donors (Lipinski definition) is 2. The summed E-state index contributed by atoms with van der Waals surface area (Å²) in [5.74, 6) is 0.119. The van der Waals surface area contributed by atoms with Crippen LogP contribution in [0.4, 0.5) is 0 Å².